The minimum absolute atomic E-state index is 0.668. The van der Waals surface area contributed by atoms with Crippen LogP contribution in [0.5, 0.6) is 0 Å². The maximum Gasteiger partial charge on any atom is 0.168 e. The molecule has 0 saturated carbocycles. The van der Waals surface area contributed by atoms with Gasteiger partial charge in [-0.1, -0.05) is 41.5 Å². The molecule has 0 spiro atoms. The Morgan fingerprint density at radius 2 is 1.53 bits per heavy atom. The van der Waals surface area contributed by atoms with E-state index in [-0.39, 0.29) is 0 Å². The second kappa shape index (κ2) is 5.10. The Morgan fingerprint density at radius 3 is 1.82 bits per heavy atom. The summed E-state index contributed by atoms with van der Waals surface area (Å²) in [7, 11) is -1.63. The highest BCUT2D eigenvalue weighted by Gasteiger charge is 2.44. The molecule has 1 heterocycles. The second-order valence-corrected chi connectivity index (χ2v) is 11.5. The van der Waals surface area contributed by atoms with Crippen LogP contribution in [0.2, 0.25) is 16.6 Å². The van der Waals surface area contributed by atoms with Crippen molar-refractivity contribution in [3.8, 4) is 6.07 Å². The quantitative estimate of drug-likeness (QED) is 0.727. The Morgan fingerprint density at radius 1 is 1.06 bits per heavy atom. The molecule has 1 aromatic heterocycles. The van der Waals surface area contributed by atoms with Gasteiger partial charge in [0.25, 0.3) is 0 Å². The van der Waals surface area contributed by atoms with Crippen LogP contribution in [0.1, 0.15) is 47.1 Å². The average molecular weight is 248 g/mol. The molecule has 0 radical (unpaired) electrons. The lowest BCUT2D eigenvalue weighted by atomic mass is 10.4. The molecule has 0 saturated heterocycles. The molecule has 3 heteroatoms. The summed E-state index contributed by atoms with van der Waals surface area (Å²) < 4.78 is 2.39. The maximum atomic E-state index is 8.98. The molecule has 0 aliphatic carbocycles. The first kappa shape index (κ1) is 14.0. The number of hydrogen-bond donors (Lipinski definition) is 0. The van der Waals surface area contributed by atoms with Crippen LogP contribution in [0, 0.1) is 11.3 Å². The van der Waals surface area contributed by atoms with Gasteiger partial charge in [-0.2, -0.15) is 5.26 Å². The van der Waals surface area contributed by atoms with Crippen molar-refractivity contribution in [2.75, 3.05) is 0 Å². The number of nitriles is 1. The number of nitrogens with zero attached hydrogens (tertiary/aromatic N) is 2. The molecule has 0 N–H and O–H groups in total. The Bertz CT molecular complexity index is 388. The third-order valence-corrected chi connectivity index (χ3v) is 10.8. The lowest BCUT2D eigenvalue weighted by Crippen LogP contribution is -2.51. The number of rotatable bonds is 4. The first-order valence-electron chi connectivity index (χ1n) is 6.45. The maximum absolute atomic E-state index is 8.98. The van der Waals surface area contributed by atoms with E-state index in [1.165, 1.54) is 0 Å². The second-order valence-electron chi connectivity index (χ2n) is 5.77. The van der Waals surface area contributed by atoms with Crippen LogP contribution in [0.15, 0.2) is 18.5 Å². The van der Waals surface area contributed by atoms with Crippen molar-refractivity contribution < 1.29 is 0 Å². The molecule has 0 aliphatic rings. The van der Waals surface area contributed by atoms with Crippen molar-refractivity contribution in [2.24, 2.45) is 0 Å². The predicted octanol–water partition coefficient (Wildman–Crippen LogP) is 4.38. The molecule has 94 valence electrons. The van der Waals surface area contributed by atoms with E-state index in [0.717, 1.165) is 5.56 Å². The standard InChI is InChI=1S/C14H24N2Si/c1-11(2)17(12(3)4,13(5)6)16-8-7-14(9-15)10-16/h7-8,10-13H,1-6H3. The minimum Gasteiger partial charge on any atom is -0.378 e. The van der Waals surface area contributed by atoms with Crippen molar-refractivity contribution in [1.82, 2.24) is 4.23 Å². The molecule has 0 aromatic carbocycles. The zero-order valence-electron chi connectivity index (χ0n) is 11.9. The van der Waals surface area contributed by atoms with Crippen LogP contribution >= 0.6 is 0 Å². The van der Waals surface area contributed by atoms with E-state index in [4.69, 9.17) is 5.26 Å². The lowest BCUT2D eigenvalue weighted by molar-refractivity contribution is 0.765. The molecule has 0 unspecified atom stereocenters. The molecular formula is C14H24N2Si. The normalized spacial score (nSPS) is 12.5. The summed E-state index contributed by atoms with van der Waals surface area (Å²) in [5.74, 6) is 0. The Kier molecular flexibility index (Phi) is 4.21. The SMILES string of the molecule is CC(C)[Si](C(C)C)(C(C)C)n1ccc(C#N)c1. The summed E-state index contributed by atoms with van der Waals surface area (Å²) in [4.78, 5) is 0. The Labute approximate surface area is 106 Å². The molecule has 0 amide bonds. The van der Waals surface area contributed by atoms with Crippen LogP contribution < -0.4 is 0 Å². The zero-order valence-corrected chi connectivity index (χ0v) is 12.9. The van der Waals surface area contributed by atoms with Crippen LogP contribution in [-0.4, -0.2) is 12.5 Å². The van der Waals surface area contributed by atoms with Gasteiger partial charge in [0, 0.05) is 6.20 Å². The summed E-state index contributed by atoms with van der Waals surface area (Å²) in [6, 6.07) is 4.18. The molecule has 2 nitrogen and oxygen atoms in total. The molecule has 17 heavy (non-hydrogen) atoms. The summed E-state index contributed by atoms with van der Waals surface area (Å²) >= 11 is 0. The van der Waals surface area contributed by atoms with Gasteiger partial charge >= 0.3 is 0 Å². The van der Waals surface area contributed by atoms with Gasteiger partial charge in [0.15, 0.2) is 8.24 Å². The highest BCUT2D eigenvalue weighted by Crippen LogP contribution is 2.42. The van der Waals surface area contributed by atoms with Crippen molar-refractivity contribution in [2.45, 2.75) is 58.2 Å². The van der Waals surface area contributed by atoms with Crippen LogP contribution in [0.25, 0.3) is 0 Å². The first-order chi connectivity index (χ1) is 7.87. The van der Waals surface area contributed by atoms with Crippen LogP contribution in [-0.2, 0) is 0 Å². The minimum atomic E-state index is -1.63. The lowest BCUT2D eigenvalue weighted by Gasteiger charge is -2.44. The molecule has 0 atom stereocenters. The van der Waals surface area contributed by atoms with Crippen molar-refractivity contribution in [1.29, 1.82) is 5.26 Å². The first-order valence-corrected chi connectivity index (χ1v) is 8.63. The molecule has 1 rings (SSSR count). The van der Waals surface area contributed by atoms with E-state index in [1.54, 1.807) is 0 Å². The Hall–Kier alpha value is -1.01. The van der Waals surface area contributed by atoms with Crippen LogP contribution in [0.4, 0.5) is 0 Å². The number of aromatic nitrogens is 1. The van der Waals surface area contributed by atoms with Gasteiger partial charge in [-0.25, -0.2) is 0 Å². The van der Waals surface area contributed by atoms with E-state index in [0.29, 0.717) is 16.6 Å². The zero-order chi connectivity index (χ0) is 13.2. The monoisotopic (exact) mass is 248 g/mol. The van der Waals surface area contributed by atoms with Crippen molar-refractivity contribution in [3.63, 3.8) is 0 Å². The van der Waals surface area contributed by atoms with Crippen molar-refractivity contribution in [3.05, 3.63) is 24.0 Å². The third kappa shape index (κ3) is 2.19. The topological polar surface area (TPSA) is 28.7 Å². The molecule has 1 aromatic rings. The molecule has 0 bridgehead atoms. The van der Waals surface area contributed by atoms with Gasteiger partial charge in [-0.05, 0) is 28.9 Å². The van der Waals surface area contributed by atoms with E-state index in [1.807, 2.05) is 12.3 Å². The Balaban J connectivity index is 3.37. The van der Waals surface area contributed by atoms with Gasteiger partial charge in [-0.3, -0.25) is 0 Å². The van der Waals surface area contributed by atoms with Gasteiger partial charge in [0.2, 0.25) is 0 Å². The summed E-state index contributed by atoms with van der Waals surface area (Å²) in [6.45, 7) is 14.0. The fraction of sp³-hybridized carbons (Fsp3) is 0.643. The van der Waals surface area contributed by atoms with Crippen LogP contribution in [0.3, 0.4) is 0 Å². The molecule has 0 aliphatic heterocycles. The van der Waals surface area contributed by atoms with E-state index in [2.05, 4.69) is 58.0 Å². The van der Waals surface area contributed by atoms with E-state index < -0.39 is 8.24 Å². The summed E-state index contributed by atoms with van der Waals surface area (Å²) in [5.41, 5.74) is 2.79. The van der Waals surface area contributed by atoms with Crippen molar-refractivity contribution >= 4 is 8.24 Å². The highest BCUT2D eigenvalue weighted by molar-refractivity contribution is 6.82. The largest absolute Gasteiger partial charge is 0.378 e. The number of hydrogen-bond acceptors (Lipinski definition) is 1. The summed E-state index contributed by atoms with van der Waals surface area (Å²) in [6.07, 6.45) is 4.16. The van der Waals surface area contributed by atoms with Gasteiger partial charge in [-0.15, -0.1) is 0 Å². The fourth-order valence-electron chi connectivity index (χ4n) is 3.60. The fourth-order valence-corrected chi connectivity index (χ4v) is 10.1. The third-order valence-electron chi connectivity index (χ3n) is 4.04. The van der Waals surface area contributed by atoms with Gasteiger partial charge < -0.3 is 4.23 Å². The smallest absolute Gasteiger partial charge is 0.168 e. The van der Waals surface area contributed by atoms with E-state index in [9.17, 15) is 0 Å². The predicted molar refractivity (Wildman–Crippen MR) is 75.6 cm³/mol. The molecular weight excluding hydrogens is 224 g/mol. The van der Waals surface area contributed by atoms with Gasteiger partial charge in [0.05, 0.1) is 5.56 Å². The highest BCUT2D eigenvalue weighted by atomic mass is 28.3. The van der Waals surface area contributed by atoms with E-state index >= 15 is 0 Å². The summed E-state index contributed by atoms with van der Waals surface area (Å²) in [5, 5.41) is 8.98. The van der Waals surface area contributed by atoms with Gasteiger partial charge in [0.1, 0.15) is 6.07 Å². The average Bonchev–Trinajstić information content (AvgIpc) is 2.65. The molecule has 0 fully saturated rings.